The highest BCUT2D eigenvalue weighted by atomic mass is 32.1. The molecular formula is C34H18N6O6S. The Kier molecular flexibility index (Phi) is 6.40. The lowest BCUT2D eigenvalue weighted by Gasteiger charge is -2.08. The van der Waals surface area contributed by atoms with Gasteiger partial charge >= 0.3 is 0 Å². The van der Waals surface area contributed by atoms with Gasteiger partial charge in [-0.15, -0.1) is 11.3 Å². The van der Waals surface area contributed by atoms with Gasteiger partial charge in [0.15, 0.2) is 5.76 Å². The Morgan fingerprint density at radius 2 is 1.49 bits per heavy atom. The van der Waals surface area contributed by atoms with Crippen LogP contribution in [0.2, 0.25) is 0 Å². The van der Waals surface area contributed by atoms with Gasteiger partial charge in [0.2, 0.25) is 0 Å². The van der Waals surface area contributed by atoms with E-state index in [9.17, 15) is 25.0 Å². The van der Waals surface area contributed by atoms with Crippen molar-refractivity contribution in [3.8, 4) is 33.3 Å². The molecule has 0 spiro atoms. The fourth-order valence-corrected chi connectivity index (χ4v) is 6.64. The van der Waals surface area contributed by atoms with Crippen LogP contribution in [-0.4, -0.2) is 35.4 Å². The third-order valence-electron chi connectivity index (χ3n) is 7.82. The number of non-ortho nitro benzene ring substituents is 2. The number of nitrogens with zero attached hydrogens (tertiary/aromatic N) is 6. The fourth-order valence-electron chi connectivity index (χ4n) is 5.67. The minimum atomic E-state index is -0.774. The zero-order valence-electron chi connectivity index (χ0n) is 23.9. The first-order valence-corrected chi connectivity index (χ1v) is 15.0. The van der Waals surface area contributed by atoms with E-state index >= 15 is 0 Å². The summed E-state index contributed by atoms with van der Waals surface area (Å²) in [6, 6.07) is 29.2. The number of aromatic nitrogens is 4. The number of thiazole rings is 1. The maximum absolute atomic E-state index is 14.1. The van der Waals surface area contributed by atoms with Crippen molar-refractivity contribution in [3.63, 3.8) is 0 Å². The molecule has 0 amide bonds. The summed E-state index contributed by atoms with van der Waals surface area (Å²) >= 11 is 1.61. The highest BCUT2D eigenvalue weighted by molar-refractivity contribution is 7.21. The Morgan fingerprint density at radius 1 is 0.787 bits per heavy atom. The topological polar surface area (TPSA) is 160 Å². The predicted octanol–water partition coefficient (Wildman–Crippen LogP) is 8.29. The average Bonchev–Trinajstić information content (AvgIpc) is 3.84. The molecule has 0 saturated heterocycles. The standard InChI is InChI=1S/C34H18N6O6S/c41-34(21-15-22(39(42)43)17-23(16-21)40(44)45)38-28-7-3-1-5-24(28)25-13-14-35-31(32(25)38)29-18-27(37-46-29)19-9-11-20(12-10-19)33-36-26-6-2-4-8-30(26)47-33/h1-18H. The maximum atomic E-state index is 14.1. The van der Waals surface area contributed by atoms with Gasteiger partial charge < -0.3 is 4.52 Å². The van der Waals surface area contributed by atoms with Gasteiger partial charge in [-0.05, 0) is 24.3 Å². The van der Waals surface area contributed by atoms with Crippen LogP contribution in [0.1, 0.15) is 10.4 Å². The number of rotatable bonds is 6. The molecule has 4 aromatic carbocycles. The zero-order valence-corrected chi connectivity index (χ0v) is 24.7. The van der Waals surface area contributed by atoms with Crippen LogP contribution in [0.4, 0.5) is 11.4 Å². The monoisotopic (exact) mass is 638 g/mol. The summed E-state index contributed by atoms with van der Waals surface area (Å²) in [6.07, 6.45) is 1.59. The Morgan fingerprint density at radius 3 is 2.23 bits per heavy atom. The molecule has 8 aromatic rings. The van der Waals surface area contributed by atoms with Gasteiger partial charge in [-0.3, -0.25) is 34.6 Å². The van der Waals surface area contributed by atoms with E-state index in [-0.39, 0.29) is 11.3 Å². The first-order chi connectivity index (χ1) is 22.9. The minimum absolute atomic E-state index is 0.227. The van der Waals surface area contributed by atoms with Gasteiger partial charge in [0.1, 0.15) is 16.4 Å². The van der Waals surface area contributed by atoms with Crippen LogP contribution in [0.3, 0.4) is 0 Å². The van der Waals surface area contributed by atoms with Crippen LogP contribution in [0.15, 0.2) is 114 Å². The molecule has 0 aliphatic heterocycles. The minimum Gasteiger partial charge on any atom is -0.354 e. The maximum Gasteiger partial charge on any atom is 0.277 e. The molecule has 0 radical (unpaired) electrons. The van der Waals surface area contributed by atoms with E-state index in [0.29, 0.717) is 33.2 Å². The van der Waals surface area contributed by atoms with Crippen molar-refractivity contribution in [1.82, 2.24) is 19.7 Å². The quantitative estimate of drug-likeness (QED) is 0.129. The third kappa shape index (κ3) is 4.69. The first kappa shape index (κ1) is 27.9. The molecular weight excluding hydrogens is 620 g/mol. The second-order valence-electron chi connectivity index (χ2n) is 10.6. The van der Waals surface area contributed by atoms with Crippen LogP contribution in [0.25, 0.3) is 65.3 Å². The highest BCUT2D eigenvalue weighted by Gasteiger charge is 2.26. The zero-order chi connectivity index (χ0) is 32.2. The summed E-state index contributed by atoms with van der Waals surface area (Å²) < 4.78 is 8.24. The SMILES string of the molecule is O=C(c1cc([N+](=O)[O-])cc([N+](=O)[O-])c1)n1c2ccccc2c2ccnc(-c3cc(-c4ccc(-c5nc6ccccc6s5)cc4)no3)c21. The number of nitro groups is 2. The number of carbonyl (C=O) groups excluding carboxylic acids is 1. The van der Waals surface area contributed by atoms with Crippen molar-refractivity contribution < 1.29 is 19.2 Å². The summed E-state index contributed by atoms with van der Waals surface area (Å²) in [5, 5.41) is 29.7. The van der Waals surface area contributed by atoms with Crippen LogP contribution >= 0.6 is 11.3 Å². The van der Waals surface area contributed by atoms with E-state index < -0.39 is 27.1 Å². The number of benzene rings is 4. The van der Waals surface area contributed by atoms with Crippen molar-refractivity contribution in [2.45, 2.75) is 0 Å². The van der Waals surface area contributed by atoms with E-state index in [1.807, 2.05) is 60.7 Å². The third-order valence-corrected chi connectivity index (χ3v) is 8.91. The number of pyridine rings is 1. The number of para-hydroxylation sites is 2. The lowest BCUT2D eigenvalue weighted by atomic mass is 10.1. The number of nitro benzene ring substituents is 2. The van der Waals surface area contributed by atoms with E-state index in [0.717, 1.165) is 44.6 Å². The van der Waals surface area contributed by atoms with E-state index in [2.05, 4.69) is 10.1 Å². The smallest absolute Gasteiger partial charge is 0.277 e. The van der Waals surface area contributed by atoms with Gasteiger partial charge in [-0.1, -0.05) is 59.8 Å². The molecule has 226 valence electrons. The van der Waals surface area contributed by atoms with Gasteiger partial charge in [0.05, 0.1) is 42.7 Å². The fraction of sp³-hybridized carbons (Fsp3) is 0. The second-order valence-corrected chi connectivity index (χ2v) is 11.6. The van der Waals surface area contributed by atoms with Gasteiger partial charge in [0, 0.05) is 46.3 Å². The highest BCUT2D eigenvalue weighted by Crippen LogP contribution is 2.37. The van der Waals surface area contributed by atoms with Gasteiger partial charge in [-0.2, -0.15) is 0 Å². The summed E-state index contributed by atoms with van der Waals surface area (Å²) in [6.45, 7) is 0. The molecule has 0 aliphatic rings. The van der Waals surface area contributed by atoms with Crippen molar-refractivity contribution in [3.05, 3.63) is 135 Å². The molecule has 0 atom stereocenters. The second kappa shape index (κ2) is 10.8. The van der Waals surface area contributed by atoms with Crippen molar-refractivity contribution >= 4 is 60.6 Å². The molecule has 47 heavy (non-hydrogen) atoms. The number of hydrogen-bond donors (Lipinski definition) is 0. The van der Waals surface area contributed by atoms with Gasteiger partial charge in [0.25, 0.3) is 17.3 Å². The Labute approximate surface area is 267 Å². The summed E-state index contributed by atoms with van der Waals surface area (Å²) in [5.74, 6) is -0.426. The normalized spacial score (nSPS) is 11.4. The van der Waals surface area contributed by atoms with Crippen molar-refractivity contribution in [1.29, 1.82) is 0 Å². The molecule has 0 saturated carbocycles. The molecule has 8 rings (SSSR count). The average molecular weight is 639 g/mol. The number of hydrogen-bond acceptors (Lipinski definition) is 10. The largest absolute Gasteiger partial charge is 0.354 e. The lowest BCUT2D eigenvalue weighted by Crippen LogP contribution is -2.13. The Balaban J connectivity index is 1.23. The Hall–Kier alpha value is -6.60. The van der Waals surface area contributed by atoms with Crippen LogP contribution in [0, 0.1) is 20.2 Å². The van der Waals surface area contributed by atoms with E-state index in [1.165, 1.54) is 4.57 Å². The van der Waals surface area contributed by atoms with Gasteiger partial charge in [-0.25, -0.2) is 4.98 Å². The van der Waals surface area contributed by atoms with Crippen LogP contribution in [0.5, 0.6) is 0 Å². The molecule has 0 unspecified atom stereocenters. The summed E-state index contributed by atoms with van der Waals surface area (Å²) in [7, 11) is 0. The van der Waals surface area contributed by atoms with Crippen molar-refractivity contribution in [2.24, 2.45) is 0 Å². The van der Waals surface area contributed by atoms with E-state index in [1.54, 1.807) is 41.8 Å². The molecule has 0 aliphatic carbocycles. The lowest BCUT2D eigenvalue weighted by molar-refractivity contribution is -0.394. The Bertz CT molecular complexity index is 2500. The molecule has 13 heteroatoms. The first-order valence-electron chi connectivity index (χ1n) is 14.2. The van der Waals surface area contributed by atoms with E-state index in [4.69, 9.17) is 9.51 Å². The van der Waals surface area contributed by atoms with Crippen molar-refractivity contribution in [2.75, 3.05) is 0 Å². The molecule has 0 N–H and O–H groups in total. The van der Waals surface area contributed by atoms with Crippen LogP contribution in [-0.2, 0) is 0 Å². The molecule has 12 nitrogen and oxygen atoms in total. The number of fused-ring (bicyclic) bond motifs is 4. The molecule has 4 aromatic heterocycles. The molecule has 0 fully saturated rings. The number of carbonyl (C=O) groups is 1. The summed E-state index contributed by atoms with van der Waals surface area (Å²) in [5.41, 5.74) is 3.02. The predicted molar refractivity (Wildman–Crippen MR) is 176 cm³/mol. The molecule has 0 bridgehead atoms. The molecule has 4 heterocycles. The summed E-state index contributed by atoms with van der Waals surface area (Å²) in [4.78, 5) is 45.0. The van der Waals surface area contributed by atoms with Crippen LogP contribution < -0.4 is 0 Å².